The van der Waals surface area contributed by atoms with Crippen molar-refractivity contribution >= 4 is 11.6 Å². The van der Waals surface area contributed by atoms with E-state index in [2.05, 4.69) is 44.5 Å². The molecule has 0 amide bonds. The summed E-state index contributed by atoms with van der Waals surface area (Å²) in [5.74, 6) is 0.705. The molecular weight excluding hydrogens is 272 g/mol. The average Bonchev–Trinajstić information content (AvgIpc) is 2.57. The second-order valence-corrected chi connectivity index (χ2v) is 5.99. The Balaban J connectivity index is 1.73. The third-order valence-electron chi connectivity index (χ3n) is 4.35. The van der Waals surface area contributed by atoms with Gasteiger partial charge in [0.1, 0.15) is 0 Å². The maximum atomic E-state index is 4.49. The normalized spacial score (nSPS) is 14.9. The second-order valence-electron chi connectivity index (χ2n) is 5.99. The van der Waals surface area contributed by atoms with E-state index in [4.69, 9.17) is 0 Å². The lowest BCUT2D eigenvalue weighted by molar-refractivity contribution is 0.576. The van der Waals surface area contributed by atoms with Crippen LogP contribution in [0.15, 0.2) is 30.5 Å². The average molecular weight is 296 g/mol. The summed E-state index contributed by atoms with van der Waals surface area (Å²) in [6, 6.07) is 8.65. The molecule has 0 saturated carbocycles. The van der Waals surface area contributed by atoms with Crippen molar-refractivity contribution < 1.29 is 0 Å². The van der Waals surface area contributed by atoms with Gasteiger partial charge in [0, 0.05) is 37.2 Å². The summed E-state index contributed by atoms with van der Waals surface area (Å²) < 4.78 is 0. The minimum absolute atomic E-state index is 0.705. The first-order valence-electron chi connectivity index (χ1n) is 8.11. The number of hydrogen-bond donors (Lipinski definition) is 1. The number of aryl methyl sites for hydroxylation is 2. The maximum Gasteiger partial charge on any atom is 0.223 e. The molecule has 1 aromatic carbocycles. The Bertz CT molecular complexity index is 633. The van der Waals surface area contributed by atoms with Crippen molar-refractivity contribution in [2.45, 2.75) is 39.7 Å². The van der Waals surface area contributed by atoms with E-state index < -0.39 is 0 Å². The first kappa shape index (κ1) is 14.8. The zero-order valence-corrected chi connectivity index (χ0v) is 13.5. The predicted molar refractivity (Wildman–Crippen MR) is 91.3 cm³/mol. The van der Waals surface area contributed by atoms with Crippen LogP contribution in [0.5, 0.6) is 0 Å². The Morgan fingerprint density at radius 2 is 1.86 bits per heavy atom. The van der Waals surface area contributed by atoms with Crippen molar-refractivity contribution in [2.24, 2.45) is 0 Å². The molecule has 0 bridgehead atoms. The van der Waals surface area contributed by atoms with Crippen LogP contribution < -0.4 is 10.2 Å². The Labute approximate surface area is 132 Å². The molecule has 1 N–H and O–H groups in total. The predicted octanol–water partition coefficient (Wildman–Crippen LogP) is 3.70. The van der Waals surface area contributed by atoms with Gasteiger partial charge in [0.05, 0.1) is 0 Å². The fourth-order valence-corrected chi connectivity index (χ4v) is 2.89. The lowest BCUT2D eigenvalue weighted by atomic mass is 10.1. The SMILES string of the molecule is Cc1cnc(NCc2ccccc2N2CCCCC2)nc1C. The molecule has 4 heteroatoms. The zero-order valence-electron chi connectivity index (χ0n) is 13.5. The standard InChI is InChI=1S/C18H24N4/c1-14-12-19-18(21-15(14)2)20-13-16-8-4-5-9-17(16)22-10-6-3-7-11-22/h4-5,8-9,12H,3,6-7,10-11,13H2,1-2H3,(H,19,20,21). The van der Waals surface area contributed by atoms with Gasteiger partial charge < -0.3 is 10.2 Å². The highest BCUT2D eigenvalue weighted by Crippen LogP contribution is 2.24. The molecule has 1 aromatic heterocycles. The van der Waals surface area contributed by atoms with E-state index in [1.54, 1.807) is 0 Å². The van der Waals surface area contributed by atoms with E-state index in [1.165, 1.54) is 30.5 Å². The summed E-state index contributed by atoms with van der Waals surface area (Å²) in [5.41, 5.74) is 4.81. The largest absolute Gasteiger partial charge is 0.371 e. The molecule has 0 spiro atoms. The number of nitrogens with one attached hydrogen (secondary N) is 1. The number of benzene rings is 1. The number of aromatic nitrogens is 2. The first-order chi connectivity index (χ1) is 10.7. The van der Waals surface area contributed by atoms with Crippen LogP contribution in [0.3, 0.4) is 0 Å². The number of para-hydroxylation sites is 1. The molecule has 2 aromatic rings. The van der Waals surface area contributed by atoms with Crippen LogP contribution in [0.25, 0.3) is 0 Å². The van der Waals surface area contributed by atoms with Crippen molar-refractivity contribution in [1.82, 2.24) is 9.97 Å². The molecule has 0 radical (unpaired) electrons. The van der Waals surface area contributed by atoms with Gasteiger partial charge in [-0.15, -0.1) is 0 Å². The molecule has 1 saturated heterocycles. The lowest BCUT2D eigenvalue weighted by Gasteiger charge is -2.30. The van der Waals surface area contributed by atoms with Gasteiger partial charge in [-0.25, -0.2) is 9.97 Å². The van der Waals surface area contributed by atoms with E-state index in [-0.39, 0.29) is 0 Å². The molecule has 1 aliphatic heterocycles. The van der Waals surface area contributed by atoms with Gasteiger partial charge in [-0.2, -0.15) is 0 Å². The van der Waals surface area contributed by atoms with E-state index in [0.717, 1.165) is 30.9 Å². The molecule has 3 rings (SSSR count). The minimum atomic E-state index is 0.705. The number of hydrogen-bond acceptors (Lipinski definition) is 4. The molecule has 2 heterocycles. The Kier molecular flexibility index (Phi) is 4.56. The number of piperidine rings is 1. The van der Waals surface area contributed by atoms with Crippen molar-refractivity contribution in [3.05, 3.63) is 47.3 Å². The molecule has 22 heavy (non-hydrogen) atoms. The molecule has 4 nitrogen and oxygen atoms in total. The van der Waals surface area contributed by atoms with Gasteiger partial charge in [-0.05, 0) is 50.3 Å². The van der Waals surface area contributed by atoms with E-state index >= 15 is 0 Å². The Morgan fingerprint density at radius 3 is 2.64 bits per heavy atom. The fourth-order valence-electron chi connectivity index (χ4n) is 2.89. The molecular formula is C18H24N4. The van der Waals surface area contributed by atoms with Crippen LogP contribution in [0, 0.1) is 13.8 Å². The van der Waals surface area contributed by atoms with Crippen LogP contribution in [0.1, 0.15) is 36.1 Å². The highest BCUT2D eigenvalue weighted by atomic mass is 15.1. The summed E-state index contributed by atoms with van der Waals surface area (Å²) in [6.07, 6.45) is 5.82. The van der Waals surface area contributed by atoms with Crippen molar-refractivity contribution in [1.29, 1.82) is 0 Å². The van der Waals surface area contributed by atoms with Crippen LogP contribution in [-0.4, -0.2) is 23.1 Å². The van der Waals surface area contributed by atoms with Crippen molar-refractivity contribution in [3.8, 4) is 0 Å². The van der Waals surface area contributed by atoms with E-state index in [0.29, 0.717) is 5.95 Å². The Morgan fingerprint density at radius 1 is 1.09 bits per heavy atom. The van der Waals surface area contributed by atoms with Gasteiger partial charge >= 0.3 is 0 Å². The topological polar surface area (TPSA) is 41.1 Å². The van der Waals surface area contributed by atoms with Gasteiger partial charge in [0.15, 0.2) is 0 Å². The van der Waals surface area contributed by atoms with Gasteiger partial charge in [0.25, 0.3) is 0 Å². The molecule has 1 fully saturated rings. The monoisotopic (exact) mass is 296 g/mol. The van der Waals surface area contributed by atoms with Crippen LogP contribution in [0.4, 0.5) is 11.6 Å². The third-order valence-corrected chi connectivity index (χ3v) is 4.35. The van der Waals surface area contributed by atoms with E-state index in [9.17, 15) is 0 Å². The third kappa shape index (κ3) is 3.38. The summed E-state index contributed by atoms with van der Waals surface area (Å²) in [4.78, 5) is 11.4. The number of anilines is 2. The zero-order chi connectivity index (χ0) is 15.4. The van der Waals surface area contributed by atoms with E-state index in [1.807, 2.05) is 20.0 Å². The summed E-state index contributed by atoms with van der Waals surface area (Å²) >= 11 is 0. The van der Waals surface area contributed by atoms with Crippen LogP contribution in [0.2, 0.25) is 0 Å². The summed E-state index contributed by atoms with van der Waals surface area (Å²) in [6.45, 7) is 7.14. The molecule has 0 aliphatic carbocycles. The quantitative estimate of drug-likeness (QED) is 0.934. The first-order valence-corrected chi connectivity index (χ1v) is 8.11. The molecule has 0 atom stereocenters. The maximum absolute atomic E-state index is 4.49. The van der Waals surface area contributed by atoms with Crippen LogP contribution >= 0.6 is 0 Å². The summed E-state index contributed by atoms with van der Waals surface area (Å²) in [7, 11) is 0. The number of nitrogens with zero attached hydrogens (tertiary/aromatic N) is 3. The highest BCUT2D eigenvalue weighted by Gasteiger charge is 2.14. The molecule has 1 aliphatic rings. The second kappa shape index (κ2) is 6.77. The Hall–Kier alpha value is -2.10. The van der Waals surface area contributed by atoms with Gasteiger partial charge in [0.2, 0.25) is 5.95 Å². The van der Waals surface area contributed by atoms with Gasteiger partial charge in [-0.3, -0.25) is 0 Å². The minimum Gasteiger partial charge on any atom is -0.371 e. The van der Waals surface area contributed by atoms with Crippen molar-refractivity contribution in [2.75, 3.05) is 23.3 Å². The lowest BCUT2D eigenvalue weighted by Crippen LogP contribution is -2.30. The molecule has 116 valence electrons. The number of rotatable bonds is 4. The molecule has 0 unspecified atom stereocenters. The highest BCUT2D eigenvalue weighted by molar-refractivity contribution is 5.54. The van der Waals surface area contributed by atoms with Crippen molar-refractivity contribution in [3.63, 3.8) is 0 Å². The fraction of sp³-hybridized carbons (Fsp3) is 0.444. The summed E-state index contributed by atoms with van der Waals surface area (Å²) in [5, 5.41) is 3.36. The smallest absolute Gasteiger partial charge is 0.223 e. The van der Waals surface area contributed by atoms with Gasteiger partial charge in [-0.1, -0.05) is 18.2 Å². The van der Waals surface area contributed by atoms with Crippen LogP contribution in [-0.2, 0) is 6.54 Å².